The Balaban J connectivity index is 2.17. The van der Waals surface area contributed by atoms with Crippen molar-refractivity contribution in [1.29, 1.82) is 0 Å². The van der Waals surface area contributed by atoms with Gasteiger partial charge in [-0.15, -0.1) is 0 Å². The van der Waals surface area contributed by atoms with Gasteiger partial charge in [0, 0.05) is 12.1 Å². The second-order valence-corrected chi connectivity index (χ2v) is 5.92. The number of ether oxygens (including phenoxy) is 1. The third-order valence-electron chi connectivity index (χ3n) is 2.22. The first-order chi connectivity index (χ1) is 7.08. The van der Waals surface area contributed by atoms with Crippen LogP contribution in [0.2, 0.25) is 5.15 Å². The molecule has 0 bridgehead atoms. The van der Waals surface area contributed by atoms with Gasteiger partial charge in [0.1, 0.15) is 5.15 Å². The fraction of sp³-hybridized carbons (Fsp3) is 0.444. The summed E-state index contributed by atoms with van der Waals surface area (Å²) >= 11 is 5.58. The van der Waals surface area contributed by atoms with E-state index in [2.05, 4.69) is 4.98 Å². The molecule has 2 rings (SSSR count). The van der Waals surface area contributed by atoms with Crippen LogP contribution in [0.1, 0.15) is 0 Å². The molecule has 0 aliphatic carbocycles. The maximum Gasteiger partial charge on any atom is 0.180 e. The van der Waals surface area contributed by atoms with E-state index in [1.807, 2.05) is 0 Å². The molecule has 15 heavy (non-hydrogen) atoms. The summed E-state index contributed by atoms with van der Waals surface area (Å²) in [7, 11) is -3.24. The molecule has 1 saturated heterocycles. The van der Waals surface area contributed by atoms with Crippen LogP contribution in [0.4, 0.5) is 0 Å². The highest BCUT2D eigenvalue weighted by molar-refractivity contribution is 7.91. The number of halogens is 1. The van der Waals surface area contributed by atoms with Crippen molar-refractivity contribution in [3.63, 3.8) is 0 Å². The predicted octanol–water partition coefficient (Wildman–Crippen LogP) is 1.16. The molecule has 1 aliphatic rings. The number of hydrogen-bond donors (Lipinski definition) is 0. The predicted molar refractivity (Wildman–Crippen MR) is 55.6 cm³/mol. The van der Waals surface area contributed by atoms with Gasteiger partial charge in [-0.1, -0.05) is 11.6 Å². The van der Waals surface area contributed by atoms with Crippen molar-refractivity contribution >= 4 is 21.4 Å². The van der Waals surface area contributed by atoms with Crippen molar-refractivity contribution < 1.29 is 13.2 Å². The van der Waals surface area contributed by atoms with Crippen LogP contribution in [0.3, 0.4) is 0 Å². The van der Waals surface area contributed by atoms with Crippen LogP contribution in [-0.2, 0) is 14.6 Å². The summed E-state index contributed by atoms with van der Waals surface area (Å²) in [5, 5.41) is 0.293. The molecule has 0 N–H and O–H groups in total. The van der Waals surface area contributed by atoms with Crippen LogP contribution in [0, 0.1) is 5.92 Å². The third kappa shape index (κ3) is 2.48. The number of rotatable bonds is 3. The van der Waals surface area contributed by atoms with Crippen molar-refractivity contribution in [2.75, 3.05) is 19.0 Å². The molecule has 0 saturated carbocycles. The smallest absolute Gasteiger partial charge is 0.180 e. The lowest BCUT2D eigenvalue weighted by Gasteiger charge is -2.25. The lowest BCUT2D eigenvalue weighted by molar-refractivity contribution is -0.0204. The Morgan fingerprint density at radius 2 is 2.20 bits per heavy atom. The van der Waals surface area contributed by atoms with Crippen molar-refractivity contribution in [2.45, 2.75) is 4.90 Å². The SMILES string of the molecule is O=S(=O)(CC1COC1)c1ccc(Cl)nc1. The highest BCUT2D eigenvalue weighted by Gasteiger charge is 2.26. The van der Waals surface area contributed by atoms with Gasteiger partial charge in [-0.3, -0.25) is 0 Å². The van der Waals surface area contributed by atoms with Crippen molar-refractivity contribution in [1.82, 2.24) is 4.98 Å². The molecule has 6 heteroatoms. The Morgan fingerprint density at radius 3 is 2.67 bits per heavy atom. The van der Waals surface area contributed by atoms with Crippen molar-refractivity contribution in [3.8, 4) is 0 Å². The molecule has 2 heterocycles. The summed E-state index contributed by atoms with van der Waals surface area (Å²) in [5.74, 6) is 0.238. The molecule has 1 aromatic rings. The average Bonchev–Trinajstić information content (AvgIpc) is 2.13. The monoisotopic (exact) mass is 247 g/mol. The standard InChI is InChI=1S/C9H10ClNO3S/c10-9-2-1-8(3-11-9)15(12,13)6-7-4-14-5-7/h1-3,7H,4-6H2. The molecule has 0 radical (unpaired) electrons. The highest BCUT2D eigenvalue weighted by atomic mass is 35.5. The molecule has 0 spiro atoms. The molecule has 1 fully saturated rings. The minimum absolute atomic E-state index is 0.116. The minimum Gasteiger partial charge on any atom is -0.381 e. The molecule has 0 amide bonds. The van der Waals surface area contributed by atoms with E-state index in [0.717, 1.165) is 0 Å². The van der Waals surface area contributed by atoms with Crippen LogP contribution in [0.5, 0.6) is 0 Å². The number of nitrogens with zero attached hydrogens (tertiary/aromatic N) is 1. The fourth-order valence-corrected chi connectivity index (χ4v) is 2.94. The first-order valence-corrected chi connectivity index (χ1v) is 6.53. The normalized spacial score (nSPS) is 17.4. The zero-order valence-corrected chi connectivity index (χ0v) is 9.46. The third-order valence-corrected chi connectivity index (χ3v) is 4.32. The summed E-state index contributed by atoms with van der Waals surface area (Å²) < 4.78 is 28.6. The Kier molecular flexibility index (Phi) is 2.95. The summed E-state index contributed by atoms with van der Waals surface area (Å²) in [6.45, 7) is 1.06. The van der Waals surface area contributed by atoms with E-state index in [1.165, 1.54) is 18.3 Å². The minimum atomic E-state index is -3.24. The molecule has 0 unspecified atom stereocenters. The van der Waals surface area contributed by atoms with E-state index < -0.39 is 9.84 Å². The molecule has 1 aromatic heterocycles. The van der Waals surface area contributed by atoms with Crippen LogP contribution in [0.25, 0.3) is 0 Å². The van der Waals surface area contributed by atoms with E-state index in [4.69, 9.17) is 16.3 Å². The van der Waals surface area contributed by atoms with Crippen LogP contribution in [-0.4, -0.2) is 32.4 Å². The Labute approximate surface area is 93.1 Å². The van der Waals surface area contributed by atoms with Crippen molar-refractivity contribution in [3.05, 3.63) is 23.5 Å². The maximum absolute atomic E-state index is 11.8. The molecule has 0 aromatic carbocycles. The van der Waals surface area contributed by atoms with Gasteiger partial charge in [-0.2, -0.15) is 0 Å². The quantitative estimate of drug-likeness (QED) is 0.752. The van der Waals surface area contributed by atoms with Gasteiger partial charge in [-0.25, -0.2) is 13.4 Å². The Morgan fingerprint density at radius 1 is 1.47 bits per heavy atom. The summed E-state index contributed by atoms with van der Waals surface area (Å²) in [4.78, 5) is 3.97. The second kappa shape index (κ2) is 4.08. The van der Waals surface area contributed by atoms with Gasteiger partial charge < -0.3 is 4.74 Å². The van der Waals surface area contributed by atoms with E-state index in [1.54, 1.807) is 0 Å². The molecule has 0 atom stereocenters. The van der Waals surface area contributed by atoms with E-state index in [9.17, 15) is 8.42 Å². The molecule has 4 nitrogen and oxygen atoms in total. The van der Waals surface area contributed by atoms with E-state index in [0.29, 0.717) is 18.4 Å². The fourth-order valence-electron chi connectivity index (χ4n) is 1.33. The number of pyridine rings is 1. The Hall–Kier alpha value is -0.650. The van der Waals surface area contributed by atoms with E-state index >= 15 is 0 Å². The topological polar surface area (TPSA) is 56.3 Å². The highest BCUT2D eigenvalue weighted by Crippen LogP contribution is 2.19. The van der Waals surface area contributed by atoms with Gasteiger partial charge >= 0.3 is 0 Å². The van der Waals surface area contributed by atoms with Gasteiger partial charge in [0.25, 0.3) is 0 Å². The largest absolute Gasteiger partial charge is 0.381 e. The number of aromatic nitrogens is 1. The number of hydrogen-bond acceptors (Lipinski definition) is 4. The maximum atomic E-state index is 11.8. The molecular weight excluding hydrogens is 238 g/mol. The lowest BCUT2D eigenvalue weighted by atomic mass is 10.1. The summed E-state index contributed by atoms with van der Waals surface area (Å²) in [6, 6.07) is 2.95. The number of sulfone groups is 1. The van der Waals surface area contributed by atoms with E-state index in [-0.39, 0.29) is 16.6 Å². The second-order valence-electron chi connectivity index (χ2n) is 3.50. The van der Waals surface area contributed by atoms with Crippen LogP contribution >= 0.6 is 11.6 Å². The summed E-state index contributed by atoms with van der Waals surface area (Å²) in [5.41, 5.74) is 0. The molecular formula is C9H10ClNO3S. The van der Waals surface area contributed by atoms with Gasteiger partial charge in [0.2, 0.25) is 0 Å². The van der Waals surface area contributed by atoms with Gasteiger partial charge in [0.05, 0.1) is 23.9 Å². The zero-order chi connectivity index (χ0) is 10.9. The van der Waals surface area contributed by atoms with Crippen molar-refractivity contribution in [2.24, 2.45) is 5.92 Å². The first kappa shape index (κ1) is 10.9. The molecule has 82 valence electrons. The van der Waals surface area contributed by atoms with Crippen LogP contribution < -0.4 is 0 Å². The molecule has 1 aliphatic heterocycles. The average molecular weight is 248 g/mol. The van der Waals surface area contributed by atoms with Gasteiger partial charge in [-0.05, 0) is 12.1 Å². The first-order valence-electron chi connectivity index (χ1n) is 4.50. The Bertz CT molecular complexity index is 439. The van der Waals surface area contributed by atoms with Gasteiger partial charge in [0.15, 0.2) is 9.84 Å². The zero-order valence-electron chi connectivity index (χ0n) is 7.89. The van der Waals surface area contributed by atoms with Crippen LogP contribution in [0.15, 0.2) is 23.2 Å². The summed E-state index contributed by atoms with van der Waals surface area (Å²) in [6.07, 6.45) is 1.29. The lowest BCUT2D eigenvalue weighted by Crippen LogP contribution is -2.33.